The summed E-state index contributed by atoms with van der Waals surface area (Å²) >= 11 is 0. The number of methoxy groups -OCH3 is 1. The summed E-state index contributed by atoms with van der Waals surface area (Å²) in [7, 11) is 4.95. The first-order chi connectivity index (χ1) is 20.2. The molecule has 0 radical (unpaired) electrons. The summed E-state index contributed by atoms with van der Waals surface area (Å²) < 4.78 is 51.4. The number of ether oxygens (including phenoxy) is 2. The maximum Gasteiger partial charge on any atom is 0.416 e. The number of carboxylic acid groups (broad SMARTS) is 1. The van der Waals surface area contributed by atoms with E-state index in [0.717, 1.165) is 25.0 Å². The number of likely N-dealkylation sites (tertiary alicyclic amines) is 1. The molecule has 2 aliphatic rings. The summed E-state index contributed by atoms with van der Waals surface area (Å²) in [6.45, 7) is 6.28. The molecule has 5 atom stereocenters. The third kappa shape index (κ3) is 6.75. The number of carboxylic acids is 1. The van der Waals surface area contributed by atoms with E-state index < -0.39 is 59.2 Å². The highest BCUT2D eigenvalue weighted by molar-refractivity contribution is 5.88. The van der Waals surface area contributed by atoms with Crippen molar-refractivity contribution in [3.05, 3.63) is 53.2 Å². The number of anilines is 1. The molecule has 0 aliphatic carbocycles. The number of benzene rings is 1. The van der Waals surface area contributed by atoms with Crippen molar-refractivity contribution in [3.63, 3.8) is 0 Å². The van der Waals surface area contributed by atoms with Gasteiger partial charge in [-0.1, -0.05) is 32.9 Å². The minimum Gasteiger partial charge on any atom is -0.496 e. The lowest BCUT2D eigenvalue weighted by Gasteiger charge is -2.36. The standard InChI is InChI=1S/C31H41F3N4O5/c1-30(2,3)23-24(36-17-18-12-13-19(31(32,33)34)16-22(18)42-6)25(20-10-9-14-35-27(20)37(4)5)38(26(23)29(40)41)28(39)21-11-7-8-15-43-21/h9-10,12-14,16,21,23-26,36H,7-8,11,15,17H2,1-6H3,(H,40,41)/t21-,23-,24-,25-,26-/m0/s1. The van der Waals surface area contributed by atoms with Gasteiger partial charge >= 0.3 is 12.1 Å². The van der Waals surface area contributed by atoms with E-state index in [2.05, 4.69) is 10.3 Å². The van der Waals surface area contributed by atoms with Gasteiger partial charge in [-0.05, 0) is 42.9 Å². The Balaban J connectivity index is 1.86. The number of carbonyl (C=O) groups is 2. The molecular weight excluding hydrogens is 565 g/mol. The third-order valence-electron chi connectivity index (χ3n) is 8.33. The number of hydrogen-bond acceptors (Lipinski definition) is 7. The Hall–Kier alpha value is -3.38. The molecule has 9 nitrogen and oxygen atoms in total. The number of alkyl halides is 3. The summed E-state index contributed by atoms with van der Waals surface area (Å²) in [6, 6.07) is 4.29. The van der Waals surface area contributed by atoms with Crippen molar-refractivity contribution < 1.29 is 37.3 Å². The van der Waals surface area contributed by atoms with Gasteiger partial charge < -0.3 is 29.7 Å². The highest BCUT2D eigenvalue weighted by Gasteiger charge is 2.59. The quantitative estimate of drug-likeness (QED) is 0.438. The fraction of sp³-hybridized carbons (Fsp3) is 0.581. The van der Waals surface area contributed by atoms with Crippen molar-refractivity contribution in [1.82, 2.24) is 15.2 Å². The predicted octanol–water partition coefficient (Wildman–Crippen LogP) is 4.90. The molecular formula is C31H41F3N4O5. The fourth-order valence-electron chi connectivity index (χ4n) is 6.46. The van der Waals surface area contributed by atoms with Crippen LogP contribution in [0.5, 0.6) is 5.75 Å². The van der Waals surface area contributed by atoms with Gasteiger partial charge in [0.05, 0.1) is 18.7 Å². The maximum absolute atomic E-state index is 14.3. The number of hydrogen-bond donors (Lipinski definition) is 2. The van der Waals surface area contributed by atoms with Gasteiger partial charge in [0, 0.05) is 56.5 Å². The zero-order valence-electron chi connectivity index (χ0n) is 25.4. The molecule has 2 aliphatic heterocycles. The number of rotatable bonds is 8. The van der Waals surface area contributed by atoms with Crippen LogP contribution in [-0.2, 0) is 27.0 Å². The van der Waals surface area contributed by atoms with Gasteiger partial charge in [0.1, 0.15) is 23.7 Å². The average Bonchev–Trinajstić information content (AvgIpc) is 3.31. The van der Waals surface area contributed by atoms with Gasteiger partial charge in [0.15, 0.2) is 0 Å². The zero-order chi connectivity index (χ0) is 31.7. The van der Waals surface area contributed by atoms with Crippen molar-refractivity contribution in [2.75, 3.05) is 32.7 Å². The van der Waals surface area contributed by atoms with Crippen molar-refractivity contribution in [3.8, 4) is 5.75 Å². The van der Waals surface area contributed by atoms with Crippen molar-refractivity contribution >= 4 is 17.7 Å². The molecule has 1 aromatic heterocycles. The Bertz CT molecular complexity index is 1310. The Morgan fingerprint density at radius 2 is 1.91 bits per heavy atom. The monoisotopic (exact) mass is 606 g/mol. The molecule has 2 aromatic rings. The first kappa shape index (κ1) is 32.5. The predicted molar refractivity (Wildman–Crippen MR) is 155 cm³/mol. The van der Waals surface area contributed by atoms with Crippen LogP contribution in [0.4, 0.5) is 19.0 Å². The van der Waals surface area contributed by atoms with Crippen LogP contribution >= 0.6 is 0 Å². The van der Waals surface area contributed by atoms with Gasteiger partial charge in [-0.15, -0.1) is 0 Å². The molecule has 3 heterocycles. The number of halogens is 3. The summed E-state index contributed by atoms with van der Waals surface area (Å²) in [5.41, 5.74) is -0.313. The van der Waals surface area contributed by atoms with Gasteiger partial charge in [-0.25, -0.2) is 9.78 Å². The van der Waals surface area contributed by atoms with E-state index in [-0.39, 0.29) is 12.3 Å². The first-order valence-electron chi connectivity index (χ1n) is 14.4. The summed E-state index contributed by atoms with van der Waals surface area (Å²) in [4.78, 5) is 35.2. The highest BCUT2D eigenvalue weighted by Crippen LogP contribution is 2.50. The second-order valence-corrected chi connectivity index (χ2v) is 12.5. The van der Waals surface area contributed by atoms with Crippen LogP contribution in [0.1, 0.15) is 62.8 Å². The van der Waals surface area contributed by atoms with Crippen LogP contribution in [-0.4, -0.2) is 72.9 Å². The van der Waals surface area contributed by atoms with Crippen molar-refractivity contribution in [2.24, 2.45) is 11.3 Å². The highest BCUT2D eigenvalue weighted by atomic mass is 19.4. The molecule has 2 saturated heterocycles. The van der Waals surface area contributed by atoms with E-state index in [1.165, 1.54) is 18.1 Å². The zero-order valence-corrected chi connectivity index (χ0v) is 25.4. The van der Waals surface area contributed by atoms with E-state index in [0.29, 0.717) is 30.0 Å². The van der Waals surface area contributed by atoms with Crippen LogP contribution in [0.3, 0.4) is 0 Å². The number of aliphatic carboxylic acids is 1. The number of carbonyl (C=O) groups excluding carboxylic acids is 1. The Morgan fingerprint density at radius 1 is 1.19 bits per heavy atom. The number of aromatic nitrogens is 1. The number of amides is 1. The SMILES string of the molecule is COc1cc(C(F)(F)F)ccc1CN[C@H]1[C@H](C(C)(C)C)[C@@H](C(=O)O)N(C(=O)[C@@H]2CCCCO2)[C@H]1c1cccnc1N(C)C. The van der Waals surface area contributed by atoms with Gasteiger partial charge in [0.2, 0.25) is 0 Å². The topological polar surface area (TPSA) is 104 Å². The van der Waals surface area contributed by atoms with E-state index in [1.807, 2.05) is 45.8 Å². The van der Waals surface area contributed by atoms with Crippen molar-refractivity contribution in [2.45, 2.75) is 77.0 Å². The molecule has 0 spiro atoms. The number of nitrogens with zero attached hydrogens (tertiary/aromatic N) is 3. The first-order valence-corrected chi connectivity index (χ1v) is 14.4. The number of nitrogens with one attached hydrogen (secondary N) is 1. The lowest BCUT2D eigenvalue weighted by molar-refractivity contribution is -0.159. The van der Waals surface area contributed by atoms with E-state index in [1.54, 1.807) is 12.3 Å². The van der Waals surface area contributed by atoms with Crippen LogP contribution in [0, 0.1) is 11.3 Å². The molecule has 1 aromatic carbocycles. The van der Waals surface area contributed by atoms with Crippen LogP contribution in [0.2, 0.25) is 0 Å². The molecule has 2 fully saturated rings. The summed E-state index contributed by atoms with van der Waals surface area (Å²) in [5.74, 6) is -1.50. The van der Waals surface area contributed by atoms with E-state index >= 15 is 0 Å². The van der Waals surface area contributed by atoms with E-state index in [9.17, 15) is 27.9 Å². The second-order valence-electron chi connectivity index (χ2n) is 12.5. The molecule has 236 valence electrons. The molecule has 1 amide bonds. The minimum atomic E-state index is -4.53. The Labute approximate surface area is 250 Å². The second kappa shape index (κ2) is 12.7. The molecule has 0 bridgehead atoms. The lowest BCUT2D eigenvalue weighted by atomic mass is 9.72. The summed E-state index contributed by atoms with van der Waals surface area (Å²) in [6.07, 6.45) is -1.56. The van der Waals surface area contributed by atoms with Gasteiger partial charge in [-0.2, -0.15) is 13.2 Å². The smallest absolute Gasteiger partial charge is 0.416 e. The Kier molecular flexibility index (Phi) is 9.60. The molecule has 2 N–H and O–H groups in total. The Morgan fingerprint density at radius 3 is 2.47 bits per heavy atom. The normalized spacial score (nSPS) is 24.6. The molecule has 4 rings (SSSR count). The van der Waals surface area contributed by atoms with Gasteiger partial charge in [-0.3, -0.25) is 4.79 Å². The molecule has 0 saturated carbocycles. The molecule has 43 heavy (non-hydrogen) atoms. The van der Waals surface area contributed by atoms with Crippen LogP contribution < -0.4 is 15.0 Å². The van der Waals surface area contributed by atoms with Gasteiger partial charge in [0.25, 0.3) is 5.91 Å². The maximum atomic E-state index is 14.3. The van der Waals surface area contributed by atoms with Crippen LogP contribution in [0.25, 0.3) is 0 Å². The lowest BCUT2D eigenvalue weighted by Crippen LogP contribution is -2.51. The molecule has 12 heteroatoms. The van der Waals surface area contributed by atoms with Crippen LogP contribution in [0.15, 0.2) is 36.5 Å². The largest absolute Gasteiger partial charge is 0.496 e. The van der Waals surface area contributed by atoms with Crippen molar-refractivity contribution in [1.29, 1.82) is 0 Å². The number of pyridine rings is 1. The average molecular weight is 607 g/mol. The molecule has 0 unspecified atom stereocenters. The fourth-order valence-corrected chi connectivity index (χ4v) is 6.46. The minimum absolute atomic E-state index is 0.0536. The third-order valence-corrected chi connectivity index (χ3v) is 8.33. The summed E-state index contributed by atoms with van der Waals surface area (Å²) in [5, 5.41) is 14.2. The van der Waals surface area contributed by atoms with E-state index in [4.69, 9.17) is 9.47 Å².